The van der Waals surface area contributed by atoms with Gasteiger partial charge in [0, 0.05) is 10.7 Å². The van der Waals surface area contributed by atoms with Crippen LogP contribution in [0.3, 0.4) is 0 Å². The quantitative estimate of drug-likeness (QED) is 0.852. The Morgan fingerprint density at radius 3 is 2.86 bits per heavy atom. The first-order valence-electron chi connectivity index (χ1n) is 4.73. The Morgan fingerprint density at radius 2 is 2.36 bits per heavy atom. The maximum Gasteiger partial charge on any atom is 0.126 e. The fraction of sp³-hybridized carbons (Fsp3) is 0.500. The molecule has 0 aliphatic heterocycles. The van der Waals surface area contributed by atoms with Crippen molar-refractivity contribution in [1.82, 2.24) is 4.98 Å². The molecule has 0 bridgehead atoms. The molecule has 1 heterocycles. The van der Waals surface area contributed by atoms with Crippen LogP contribution in [0, 0.1) is 6.92 Å². The molecular formula is C10H13BrN2O. The number of aliphatic hydroxyl groups is 1. The van der Waals surface area contributed by atoms with Gasteiger partial charge in [0.2, 0.25) is 0 Å². The lowest BCUT2D eigenvalue weighted by Gasteiger charge is -2.33. The smallest absolute Gasteiger partial charge is 0.126 e. The summed E-state index contributed by atoms with van der Waals surface area (Å²) >= 11 is 3.40. The second-order valence-electron chi connectivity index (χ2n) is 3.71. The second-order valence-corrected chi connectivity index (χ2v) is 4.57. The first kappa shape index (κ1) is 9.93. The summed E-state index contributed by atoms with van der Waals surface area (Å²) in [6.07, 6.45) is 3.49. The number of pyridine rings is 1. The van der Waals surface area contributed by atoms with Crippen molar-refractivity contribution < 1.29 is 5.11 Å². The van der Waals surface area contributed by atoms with Crippen molar-refractivity contribution in [3.05, 3.63) is 22.3 Å². The molecule has 3 nitrogen and oxygen atoms in total. The number of hydrogen-bond donors (Lipinski definition) is 2. The third kappa shape index (κ3) is 1.91. The van der Waals surface area contributed by atoms with Gasteiger partial charge in [0.15, 0.2) is 0 Å². The number of anilines is 1. The van der Waals surface area contributed by atoms with Crippen molar-refractivity contribution in [3.8, 4) is 0 Å². The summed E-state index contributed by atoms with van der Waals surface area (Å²) in [6.45, 7) is 2.02. The van der Waals surface area contributed by atoms with Crippen molar-refractivity contribution in [2.24, 2.45) is 0 Å². The predicted molar refractivity (Wildman–Crippen MR) is 59.3 cm³/mol. The molecule has 4 heteroatoms. The lowest BCUT2D eigenvalue weighted by molar-refractivity contribution is 0.0784. The fourth-order valence-electron chi connectivity index (χ4n) is 1.46. The van der Waals surface area contributed by atoms with Crippen molar-refractivity contribution in [1.29, 1.82) is 0 Å². The Balaban J connectivity index is 2.06. The number of aliphatic hydroxyl groups excluding tert-OH is 1. The zero-order valence-corrected chi connectivity index (χ0v) is 9.58. The molecule has 1 aromatic rings. The van der Waals surface area contributed by atoms with Gasteiger partial charge >= 0.3 is 0 Å². The topological polar surface area (TPSA) is 45.1 Å². The van der Waals surface area contributed by atoms with Gasteiger partial charge < -0.3 is 10.4 Å². The van der Waals surface area contributed by atoms with E-state index in [2.05, 4.69) is 26.2 Å². The highest BCUT2D eigenvalue weighted by Gasteiger charge is 2.28. The number of rotatable bonds is 2. The van der Waals surface area contributed by atoms with Crippen LogP contribution < -0.4 is 5.32 Å². The van der Waals surface area contributed by atoms with E-state index in [1.54, 1.807) is 6.20 Å². The monoisotopic (exact) mass is 256 g/mol. The summed E-state index contributed by atoms with van der Waals surface area (Å²) in [7, 11) is 0. The van der Waals surface area contributed by atoms with Gasteiger partial charge in [0.05, 0.1) is 12.1 Å². The Labute approximate surface area is 91.7 Å². The van der Waals surface area contributed by atoms with Crippen molar-refractivity contribution in [2.45, 2.75) is 31.9 Å². The molecule has 0 radical (unpaired) electrons. The Morgan fingerprint density at radius 1 is 1.57 bits per heavy atom. The van der Waals surface area contributed by atoms with Crippen molar-refractivity contribution in [2.75, 3.05) is 5.32 Å². The standard InChI is InChI=1S/C10H13BrN2O/c1-6-4-10(12-5-7(6)11)13-8-2-3-9(8)14/h4-5,8-9,14H,2-3H2,1H3,(H,12,13)/t8-,9-/m1/s1. The van der Waals surface area contributed by atoms with Crippen LogP contribution in [0.5, 0.6) is 0 Å². The van der Waals surface area contributed by atoms with E-state index in [-0.39, 0.29) is 12.1 Å². The summed E-state index contributed by atoms with van der Waals surface area (Å²) in [6, 6.07) is 2.16. The van der Waals surface area contributed by atoms with Gasteiger partial charge in [0.1, 0.15) is 5.82 Å². The lowest BCUT2D eigenvalue weighted by atomic mass is 9.89. The molecule has 1 saturated carbocycles. The zero-order chi connectivity index (χ0) is 10.1. The minimum atomic E-state index is -0.208. The minimum absolute atomic E-state index is 0.183. The first-order valence-corrected chi connectivity index (χ1v) is 5.53. The van der Waals surface area contributed by atoms with Gasteiger partial charge in [-0.15, -0.1) is 0 Å². The molecule has 2 atom stereocenters. The number of nitrogens with zero attached hydrogens (tertiary/aromatic N) is 1. The SMILES string of the molecule is Cc1cc(N[C@@H]2CC[C@H]2O)ncc1Br. The number of halogens is 1. The molecule has 76 valence electrons. The first-order chi connectivity index (χ1) is 6.66. The van der Waals surface area contributed by atoms with Crippen LogP contribution in [0.2, 0.25) is 0 Å². The molecule has 0 spiro atoms. The van der Waals surface area contributed by atoms with E-state index in [4.69, 9.17) is 0 Å². The molecule has 0 unspecified atom stereocenters. The van der Waals surface area contributed by atoms with Gasteiger partial charge in [-0.2, -0.15) is 0 Å². The van der Waals surface area contributed by atoms with Gasteiger partial charge in [0.25, 0.3) is 0 Å². The number of aryl methyl sites for hydroxylation is 1. The van der Waals surface area contributed by atoms with E-state index >= 15 is 0 Å². The van der Waals surface area contributed by atoms with Gasteiger partial charge in [-0.25, -0.2) is 4.98 Å². The number of aromatic nitrogens is 1. The zero-order valence-electron chi connectivity index (χ0n) is 8.00. The lowest BCUT2D eigenvalue weighted by Crippen LogP contribution is -2.42. The highest BCUT2D eigenvalue weighted by Crippen LogP contribution is 2.24. The fourth-order valence-corrected chi connectivity index (χ4v) is 1.68. The molecule has 1 aromatic heterocycles. The average Bonchev–Trinajstić information content (AvgIpc) is 2.17. The van der Waals surface area contributed by atoms with Crippen LogP contribution in [-0.2, 0) is 0 Å². The van der Waals surface area contributed by atoms with E-state index in [0.29, 0.717) is 0 Å². The molecule has 0 saturated heterocycles. The average molecular weight is 257 g/mol. The van der Waals surface area contributed by atoms with Crippen LogP contribution in [0.4, 0.5) is 5.82 Å². The predicted octanol–water partition coefficient (Wildman–Crippen LogP) is 2.09. The largest absolute Gasteiger partial charge is 0.391 e. The number of hydrogen-bond acceptors (Lipinski definition) is 3. The summed E-state index contributed by atoms with van der Waals surface area (Å²) in [4.78, 5) is 4.23. The van der Waals surface area contributed by atoms with Crippen molar-refractivity contribution >= 4 is 21.7 Å². The van der Waals surface area contributed by atoms with E-state index in [0.717, 1.165) is 28.7 Å². The molecule has 0 amide bonds. The number of nitrogens with one attached hydrogen (secondary N) is 1. The molecule has 1 aliphatic carbocycles. The minimum Gasteiger partial charge on any atom is -0.391 e. The second kappa shape index (κ2) is 3.87. The maximum atomic E-state index is 9.39. The van der Waals surface area contributed by atoms with Crippen molar-refractivity contribution in [3.63, 3.8) is 0 Å². The normalized spacial score (nSPS) is 25.6. The van der Waals surface area contributed by atoms with E-state index in [1.807, 2.05) is 13.0 Å². The Bertz CT molecular complexity index is 343. The maximum absolute atomic E-state index is 9.39. The molecular weight excluding hydrogens is 244 g/mol. The van der Waals surface area contributed by atoms with Gasteiger partial charge in [-0.1, -0.05) is 0 Å². The Kier molecular flexibility index (Phi) is 2.74. The Hall–Kier alpha value is -0.610. The summed E-state index contributed by atoms with van der Waals surface area (Å²) < 4.78 is 1.01. The van der Waals surface area contributed by atoms with Crippen LogP contribution in [0.1, 0.15) is 18.4 Å². The molecule has 0 aromatic carbocycles. The third-order valence-electron chi connectivity index (χ3n) is 2.62. The van der Waals surface area contributed by atoms with Gasteiger partial charge in [-0.3, -0.25) is 0 Å². The van der Waals surface area contributed by atoms with Crippen LogP contribution in [0.25, 0.3) is 0 Å². The summed E-state index contributed by atoms with van der Waals surface area (Å²) in [5.74, 6) is 0.842. The van der Waals surface area contributed by atoms with Crippen LogP contribution >= 0.6 is 15.9 Å². The molecule has 14 heavy (non-hydrogen) atoms. The molecule has 2 rings (SSSR count). The highest BCUT2D eigenvalue weighted by atomic mass is 79.9. The highest BCUT2D eigenvalue weighted by molar-refractivity contribution is 9.10. The summed E-state index contributed by atoms with van der Waals surface area (Å²) in [5, 5.41) is 12.6. The molecule has 1 fully saturated rings. The summed E-state index contributed by atoms with van der Waals surface area (Å²) in [5.41, 5.74) is 1.15. The van der Waals surface area contributed by atoms with E-state index in [1.165, 1.54) is 0 Å². The molecule has 1 aliphatic rings. The third-order valence-corrected chi connectivity index (χ3v) is 3.45. The van der Waals surface area contributed by atoms with Gasteiger partial charge in [-0.05, 0) is 47.3 Å². The van der Waals surface area contributed by atoms with E-state index < -0.39 is 0 Å². The van der Waals surface area contributed by atoms with E-state index in [9.17, 15) is 5.11 Å². The van der Waals surface area contributed by atoms with Crippen LogP contribution in [-0.4, -0.2) is 22.2 Å². The molecule has 2 N–H and O–H groups in total. The van der Waals surface area contributed by atoms with Crippen LogP contribution in [0.15, 0.2) is 16.7 Å².